The Morgan fingerprint density at radius 2 is 2.06 bits per heavy atom. The predicted molar refractivity (Wildman–Crippen MR) is 76.2 cm³/mol. The number of hydrogen-bond donors (Lipinski definition) is 0. The summed E-state index contributed by atoms with van der Waals surface area (Å²) >= 11 is 7.03. The molecule has 1 heterocycles. The van der Waals surface area contributed by atoms with Crippen LogP contribution in [0, 0.1) is 0 Å². The molecular formula is C12H19NO2S2. The third-order valence-electron chi connectivity index (χ3n) is 2.43. The topological polar surface area (TPSA) is 29.5 Å². The van der Waals surface area contributed by atoms with Gasteiger partial charge in [0.1, 0.15) is 10.9 Å². The van der Waals surface area contributed by atoms with Crippen LogP contribution >= 0.6 is 24.0 Å². The van der Waals surface area contributed by atoms with Crippen LogP contribution in [0.3, 0.4) is 0 Å². The molecule has 5 heteroatoms. The number of carbonyl (C=O) groups excluding carboxylic acids is 1. The van der Waals surface area contributed by atoms with Crippen LogP contribution in [0.2, 0.25) is 0 Å². The molecule has 0 aromatic rings. The van der Waals surface area contributed by atoms with E-state index in [0.29, 0.717) is 18.7 Å². The normalized spacial score (nSPS) is 15.2. The summed E-state index contributed by atoms with van der Waals surface area (Å²) in [6, 6.07) is 0.788. The molecule has 0 aromatic carbocycles. The number of nitrogens with zero attached hydrogens (tertiary/aromatic N) is 1. The lowest BCUT2D eigenvalue weighted by molar-refractivity contribution is -0.134. The highest BCUT2D eigenvalue weighted by Gasteiger charge is 2.19. The van der Waals surface area contributed by atoms with Crippen molar-refractivity contribution in [2.75, 3.05) is 12.4 Å². The Kier molecular flexibility index (Phi) is 5.46. The maximum absolute atomic E-state index is 10.9. The predicted octanol–water partition coefficient (Wildman–Crippen LogP) is 2.61. The molecule has 0 N–H and O–H groups in total. The zero-order valence-corrected chi connectivity index (χ0v) is 12.4. The quantitative estimate of drug-likeness (QED) is 0.580. The Bertz CT molecular complexity index is 329. The van der Waals surface area contributed by atoms with E-state index < -0.39 is 0 Å². The molecule has 0 bridgehead atoms. The monoisotopic (exact) mass is 273 g/mol. The van der Waals surface area contributed by atoms with Gasteiger partial charge in [0, 0.05) is 23.9 Å². The molecule has 0 fully saturated rings. The summed E-state index contributed by atoms with van der Waals surface area (Å²) in [5.41, 5.74) is 1.01. The average Bonchev–Trinajstić information content (AvgIpc) is 2.60. The highest BCUT2D eigenvalue weighted by Crippen LogP contribution is 2.20. The fourth-order valence-corrected chi connectivity index (χ4v) is 3.39. The molecule has 0 aromatic heterocycles. The minimum atomic E-state index is -0.240. The molecule has 0 spiro atoms. The van der Waals surface area contributed by atoms with Crippen molar-refractivity contribution in [3.05, 3.63) is 11.6 Å². The van der Waals surface area contributed by atoms with Crippen LogP contribution < -0.4 is 0 Å². The number of thiocarbonyl (C=S) groups is 1. The third kappa shape index (κ3) is 4.32. The van der Waals surface area contributed by atoms with Gasteiger partial charge in [-0.1, -0.05) is 24.0 Å². The van der Waals surface area contributed by atoms with Gasteiger partial charge < -0.3 is 9.64 Å². The van der Waals surface area contributed by atoms with Gasteiger partial charge in [0.2, 0.25) is 0 Å². The van der Waals surface area contributed by atoms with Crippen molar-refractivity contribution in [3.8, 4) is 0 Å². The first kappa shape index (κ1) is 14.5. The van der Waals surface area contributed by atoms with E-state index in [1.807, 2.05) is 0 Å². The second kappa shape index (κ2) is 6.40. The molecule has 1 aliphatic heterocycles. The first-order chi connectivity index (χ1) is 7.91. The van der Waals surface area contributed by atoms with Gasteiger partial charge in [-0.3, -0.25) is 0 Å². The summed E-state index contributed by atoms with van der Waals surface area (Å²) in [5.74, 6) is 0.497. The fraction of sp³-hybridized carbons (Fsp3) is 0.667. The number of carbonyl (C=O) groups is 1. The molecule has 0 amide bonds. The summed E-state index contributed by atoms with van der Waals surface area (Å²) in [4.78, 5) is 13.1. The van der Waals surface area contributed by atoms with Crippen molar-refractivity contribution in [2.45, 2.75) is 39.8 Å². The first-order valence-electron chi connectivity index (χ1n) is 5.73. The number of rotatable bonds is 4. The molecule has 0 saturated heterocycles. The van der Waals surface area contributed by atoms with Crippen LogP contribution in [-0.4, -0.2) is 39.6 Å². The summed E-state index contributed by atoms with van der Waals surface area (Å²) in [6.07, 6.45) is 1.56. The zero-order valence-electron chi connectivity index (χ0n) is 10.7. The Hall–Kier alpha value is -0.550. The average molecular weight is 273 g/mol. The number of ether oxygens (including phenoxy) is 1. The molecule has 0 radical (unpaired) electrons. The molecule has 1 rings (SSSR count). The van der Waals surface area contributed by atoms with E-state index >= 15 is 0 Å². The molecule has 3 nitrogen and oxygen atoms in total. The number of hydrogen-bond acceptors (Lipinski definition) is 4. The lowest BCUT2D eigenvalue weighted by Gasteiger charge is -2.32. The number of thioether (sulfide) groups is 1. The van der Waals surface area contributed by atoms with E-state index in [4.69, 9.17) is 17.0 Å². The van der Waals surface area contributed by atoms with Gasteiger partial charge in [0.05, 0.1) is 0 Å². The number of esters is 1. The van der Waals surface area contributed by atoms with Gasteiger partial charge >= 0.3 is 5.97 Å². The summed E-state index contributed by atoms with van der Waals surface area (Å²) in [7, 11) is 0. The summed E-state index contributed by atoms with van der Waals surface area (Å²) in [6.45, 7) is 8.95. The largest absolute Gasteiger partial charge is 0.458 e. The minimum Gasteiger partial charge on any atom is -0.458 e. The van der Waals surface area contributed by atoms with Crippen LogP contribution in [-0.2, 0) is 9.53 Å². The number of cyclic esters (lactones) is 1. The molecule has 0 aliphatic carbocycles. The third-order valence-corrected chi connectivity index (χ3v) is 3.96. The first-order valence-corrected chi connectivity index (χ1v) is 7.12. The van der Waals surface area contributed by atoms with E-state index in [-0.39, 0.29) is 5.97 Å². The van der Waals surface area contributed by atoms with Gasteiger partial charge in [-0.15, -0.1) is 0 Å². The zero-order chi connectivity index (χ0) is 13.0. The molecule has 1 aliphatic rings. The smallest absolute Gasteiger partial charge is 0.331 e. The van der Waals surface area contributed by atoms with Gasteiger partial charge in [0.25, 0.3) is 0 Å². The molecular weight excluding hydrogens is 254 g/mol. The van der Waals surface area contributed by atoms with E-state index in [2.05, 4.69) is 32.6 Å². The van der Waals surface area contributed by atoms with Crippen molar-refractivity contribution in [1.82, 2.24) is 4.90 Å². The minimum absolute atomic E-state index is 0.240. The second-order valence-electron chi connectivity index (χ2n) is 4.56. The maximum atomic E-state index is 10.9. The maximum Gasteiger partial charge on any atom is 0.331 e. The van der Waals surface area contributed by atoms with E-state index in [9.17, 15) is 4.79 Å². The van der Waals surface area contributed by atoms with Crippen LogP contribution in [0.15, 0.2) is 11.6 Å². The van der Waals surface area contributed by atoms with E-state index in [1.165, 1.54) is 0 Å². The standard InChI is InChI=1S/C12H19NO2S2/c1-8(2)13(9(3)4)12(16)17-7-10-5-11(14)15-6-10/h5,8-9H,6-7H2,1-4H3. The Labute approximate surface area is 113 Å². The van der Waals surface area contributed by atoms with E-state index in [1.54, 1.807) is 17.8 Å². The lowest BCUT2D eigenvalue weighted by atomic mass is 10.2. The highest BCUT2D eigenvalue weighted by atomic mass is 32.2. The second-order valence-corrected chi connectivity index (χ2v) is 6.17. The van der Waals surface area contributed by atoms with Gasteiger partial charge in [-0.05, 0) is 33.3 Å². The Morgan fingerprint density at radius 3 is 2.47 bits per heavy atom. The summed E-state index contributed by atoms with van der Waals surface area (Å²) < 4.78 is 5.74. The van der Waals surface area contributed by atoms with Crippen LogP contribution in [0.5, 0.6) is 0 Å². The molecule has 96 valence electrons. The van der Waals surface area contributed by atoms with Crippen LogP contribution in [0.1, 0.15) is 27.7 Å². The van der Waals surface area contributed by atoms with Gasteiger partial charge in [-0.2, -0.15) is 0 Å². The van der Waals surface area contributed by atoms with Crippen LogP contribution in [0.4, 0.5) is 0 Å². The van der Waals surface area contributed by atoms with Crippen molar-refractivity contribution < 1.29 is 9.53 Å². The van der Waals surface area contributed by atoms with Crippen molar-refractivity contribution in [2.24, 2.45) is 0 Å². The van der Waals surface area contributed by atoms with Gasteiger partial charge in [-0.25, -0.2) is 4.79 Å². The fourth-order valence-electron chi connectivity index (χ4n) is 1.74. The Morgan fingerprint density at radius 1 is 1.47 bits per heavy atom. The van der Waals surface area contributed by atoms with E-state index in [0.717, 1.165) is 15.6 Å². The van der Waals surface area contributed by atoms with Crippen molar-refractivity contribution >= 4 is 34.3 Å². The highest BCUT2D eigenvalue weighted by molar-refractivity contribution is 8.23. The lowest BCUT2D eigenvalue weighted by Crippen LogP contribution is -2.39. The summed E-state index contributed by atoms with van der Waals surface area (Å²) in [5, 5.41) is 0. The van der Waals surface area contributed by atoms with Crippen molar-refractivity contribution in [1.29, 1.82) is 0 Å². The van der Waals surface area contributed by atoms with Gasteiger partial charge in [0.15, 0.2) is 0 Å². The molecule has 0 saturated carbocycles. The molecule has 17 heavy (non-hydrogen) atoms. The SMILES string of the molecule is CC(C)N(C(=S)SCC1=CC(=O)OC1)C(C)C. The molecule has 0 unspecified atom stereocenters. The van der Waals surface area contributed by atoms with Crippen molar-refractivity contribution in [3.63, 3.8) is 0 Å². The van der Waals surface area contributed by atoms with Crippen LogP contribution in [0.25, 0.3) is 0 Å². The molecule has 0 atom stereocenters. The Balaban J connectivity index is 2.48.